The average molecular weight is 342 g/mol. The maximum Gasteiger partial charge on any atom is 0.180 e. The van der Waals surface area contributed by atoms with Crippen LogP contribution in [-0.4, -0.2) is 30.6 Å². The number of hydrogen-bond acceptors (Lipinski definition) is 6. The first-order chi connectivity index (χ1) is 10.2. The third kappa shape index (κ3) is 3.45. The molecule has 1 aromatic carbocycles. The number of nitrogens with two attached hydrogens (primary N) is 1. The summed E-state index contributed by atoms with van der Waals surface area (Å²) in [5, 5.41) is 0.633. The molecule has 22 heavy (non-hydrogen) atoms. The van der Waals surface area contributed by atoms with Crippen molar-refractivity contribution in [1.82, 2.24) is 9.88 Å². The van der Waals surface area contributed by atoms with Crippen molar-refractivity contribution in [2.45, 2.75) is 19.5 Å². The van der Waals surface area contributed by atoms with E-state index >= 15 is 0 Å². The molecule has 0 bridgehead atoms. The van der Waals surface area contributed by atoms with Crippen LogP contribution in [0.5, 0.6) is 11.5 Å². The maximum atomic E-state index is 5.69. The monoisotopic (exact) mass is 341 g/mol. The predicted molar refractivity (Wildman–Crippen MR) is 91.1 cm³/mol. The third-order valence-electron chi connectivity index (χ3n) is 3.75. The number of fused-ring (bicyclic) bond motifs is 1. The number of anilines is 1. The lowest BCUT2D eigenvalue weighted by atomic mass is 9.99. The predicted octanol–water partition coefficient (Wildman–Crippen LogP) is 2.72. The molecule has 0 atom stereocenters. The Morgan fingerprint density at radius 3 is 2.50 bits per heavy atom. The molecule has 0 saturated heterocycles. The van der Waals surface area contributed by atoms with E-state index in [0.717, 1.165) is 37.6 Å². The van der Waals surface area contributed by atoms with Gasteiger partial charge in [0.15, 0.2) is 16.6 Å². The van der Waals surface area contributed by atoms with E-state index in [1.54, 1.807) is 25.6 Å². The molecule has 1 aliphatic rings. The third-order valence-corrected chi connectivity index (χ3v) is 4.56. The van der Waals surface area contributed by atoms with Crippen molar-refractivity contribution in [3.8, 4) is 11.5 Å². The number of halogens is 1. The van der Waals surface area contributed by atoms with Gasteiger partial charge in [0.25, 0.3) is 0 Å². The average Bonchev–Trinajstić information content (AvgIpc) is 2.90. The van der Waals surface area contributed by atoms with E-state index in [9.17, 15) is 0 Å². The van der Waals surface area contributed by atoms with E-state index in [4.69, 9.17) is 15.2 Å². The molecule has 0 radical (unpaired) electrons. The second-order valence-electron chi connectivity index (χ2n) is 5.10. The van der Waals surface area contributed by atoms with Crippen LogP contribution >= 0.6 is 23.7 Å². The second kappa shape index (κ2) is 7.17. The van der Waals surface area contributed by atoms with Crippen molar-refractivity contribution in [2.24, 2.45) is 0 Å². The minimum absolute atomic E-state index is 0. The Hall–Kier alpha value is -1.50. The number of nitrogen functional groups attached to an aromatic ring is 1. The lowest BCUT2D eigenvalue weighted by Crippen LogP contribution is -2.29. The largest absolute Gasteiger partial charge is 0.493 e. The van der Waals surface area contributed by atoms with Crippen molar-refractivity contribution in [3.63, 3.8) is 0 Å². The molecule has 2 heterocycles. The summed E-state index contributed by atoms with van der Waals surface area (Å²) in [5.74, 6) is 1.60. The van der Waals surface area contributed by atoms with E-state index in [1.807, 2.05) is 6.20 Å². The number of ether oxygens (including phenoxy) is 2. The highest BCUT2D eigenvalue weighted by Crippen LogP contribution is 2.33. The fraction of sp³-hybridized carbons (Fsp3) is 0.400. The first-order valence-electron chi connectivity index (χ1n) is 6.86. The van der Waals surface area contributed by atoms with Crippen LogP contribution in [0.2, 0.25) is 0 Å². The molecule has 0 fully saturated rings. The Balaban J connectivity index is 0.00000176. The summed E-state index contributed by atoms with van der Waals surface area (Å²) in [6.07, 6.45) is 2.88. The van der Waals surface area contributed by atoms with E-state index in [1.165, 1.54) is 16.0 Å². The summed E-state index contributed by atoms with van der Waals surface area (Å²) in [7, 11) is 3.35. The topological polar surface area (TPSA) is 60.6 Å². The van der Waals surface area contributed by atoms with Crippen LogP contribution in [0.15, 0.2) is 18.3 Å². The molecule has 3 rings (SSSR count). The van der Waals surface area contributed by atoms with Gasteiger partial charge in [-0.1, -0.05) is 0 Å². The molecule has 0 spiro atoms. The second-order valence-corrected chi connectivity index (χ2v) is 6.25. The van der Waals surface area contributed by atoms with Crippen LogP contribution in [0.3, 0.4) is 0 Å². The maximum absolute atomic E-state index is 5.69. The van der Waals surface area contributed by atoms with Gasteiger partial charge >= 0.3 is 0 Å². The van der Waals surface area contributed by atoms with Crippen LogP contribution in [-0.2, 0) is 19.5 Å². The molecule has 7 heteroatoms. The van der Waals surface area contributed by atoms with Gasteiger partial charge in [-0.05, 0) is 29.7 Å². The van der Waals surface area contributed by atoms with Gasteiger partial charge in [0.2, 0.25) is 0 Å². The molecule has 2 N–H and O–H groups in total. The summed E-state index contributed by atoms with van der Waals surface area (Å²) >= 11 is 1.56. The number of aromatic nitrogens is 1. The summed E-state index contributed by atoms with van der Waals surface area (Å²) in [4.78, 5) is 7.72. The molecule has 120 valence electrons. The molecule has 2 aromatic rings. The van der Waals surface area contributed by atoms with E-state index in [2.05, 4.69) is 22.0 Å². The van der Waals surface area contributed by atoms with E-state index < -0.39 is 0 Å². The van der Waals surface area contributed by atoms with E-state index in [0.29, 0.717) is 5.13 Å². The van der Waals surface area contributed by atoms with Gasteiger partial charge in [-0.3, -0.25) is 4.90 Å². The summed E-state index contributed by atoms with van der Waals surface area (Å²) in [5.41, 5.74) is 8.33. The Bertz CT molecular complexity index is 648. The minimum atomic E-state index is 0. The molecule has 5 nitrogen and oxygen atoms in total. The quantitative estimate of drug-likeness (QED) is 0.926. The fourth-order valence-corrected chi connectivity index (χ4v) is 3.42. The Labute approximate surface area is 140 Å². The number of thiazole rings is 1. The highest BCUT2D eigenvalue weighted by molar-refractivity contribution is 7.15. The highest BCUT2D eigenvalue weighted by Gasteiger charge is 2.20. The fourth-order valence-electron chi connectivity index (χ4n) is 2.69. The first kappa shape index (κ1) is 16.9. The molecular weight excluding hydrogens is 322 g/mol. The van der Waals surface area contributed by atoms with Crippen molar-refractivity contribution in [3.05, 3.63) is 34.3 Å². The number of benzene rings is 1. The van der Waals surface area contributed by atoms with Gasteiger partial charge in [-0.25, -0.2) is 4.98 Å². The molecule has 0 unspecified atom stereocenters. The Morgan fingerprint density at radius 1 is 1.23 bits per heavy atom. The standard InChI is InChI=1S/C15H19N3O2S.ClH/c1-19-13-5-10-3-4-18(8-11(10)6-14(13)20-2)9-12-7-17-15(16)21-12;/h5-7H,3-4,8-9H2,1-2H3,(H2,16,17);1H. The van der Waals surface area contributed by atoms with Crippen molar-refractivity contribution in [2.75, 3.05) is 26.5 Å². The van der Waals surface area contributed by atoms with Crippen LogP contribution in [0, 0.1) is 0 Å². The van der Waals surface area contributed by atoms with Crippen molar-refractivity contribution >= 4 is 28.9 Å². The molecule has 0 aliphatic carbocycles. The zero-order chi connectivity index (χ0) is 14.8. The number of nitrogens with zero attached hydrogens (tertiary/aromatic N) is 2. The Kier molecular flexibility index (Phi) is 5.50. The zero-order valence-corrected chi connectivity index (χ0v) is 14.3. The van der Waals surface area contributed by atoms with Crippen molar-refractivity contribution in [1.29, 1.82) is 0 Å². The number of hydrogen-bond donors (Lipinski definition) is 1. The zero-order valence-electron chi connectivity index (χ0n) is 12.7. The van der Waals surface area contributed by atoms with Gasteiger partial charge in [0.05, 0.1) is 14.2 Å². The van der Waals surface area contributed by atoms with Crippen LogP contribution in [0.25, 0.3) is 0 Å². The normalized spacial score (nSPS) is 14.1. The molecular formula is C15H20ClN3O2S. The molecule has 1 aromatic heterocycles. The lowest BCUT2D eigenvalue weighted by molar-refractivity contribution is 0.246. The summed E-state index contributed by atoms with van der Waals surface area (Å²) in [6, 6.07) is 4.18. The minimum Gasteiger partial charge on any atom is -0.493 e. The van der Waals surface area contributed by atoms with Gasteiger partial charge in [-0.15, -0.1) is 23.7 Å². The number of methoxy groups -OCH3 is 2. The van der Waals surface area contributed by atoms with Gasteiger partial charge in [0, 0.05) is 30.7 Å². The Morgan fingerprint density at radius 2 is 1.91 bits per heavy atom. The summed E-state index contributed by atoms with van der Waals surface area (Å²) < 4.78 is 10.8. The van der Waals surface area contributed by atoms with E-state index in [-0.39, 0.29) is 12.4 Å². The van der Waals surface area contributed by atoms with Crippen molar-refractivity contribution < 1.29 is 9.47 Å². The number of rotatable bonds is 4. The van der Waals surface area contributed by atoms with Gasteiger partial charge < -0.3 is 15.2 Å². The van der Waals surface area contributed by atoms with Gasteiger partial charge in [-0.2, -0.15) is 0 Å². The molecule has 1 aliphatic heterocycles. The first-order valence-corrected chi connectivity index (χ1v) is 7.67. The highest BCUT2D eigenvalue weighted by atomic mass is 35.5. The molecule has 0 saturated carbocycles. The van der Waals surface area contributed by atoms with Crippen LogP contribution in [0.4, 0.5) is 5.13 Å². The lowest BCUT2D eigenvalue weighted by Gasteiger charge is -2.29. The van der Waals surface area contributed by atoms with Crippen LogP contribution < -0.4 is 15.2 Å². The van der Waals surface area contributed by atoms with Gasteiger partial charge in [0.1, 0.15) is 0 Å². The SMILES string of the molecule is COc1cc2c(cc1OC)CN(Cc1cnc(N)s1)CC2.Cl. The summed E-state index contributed by atoms with van der Waals surface area (Å²) in [6.45, 7) is 2.83. The smallest absolute Gasteiger partial charge is 0.180 e. The molecule has 0 amide bonds. The van der Waals surface area contributed by atoms with Crippen LogP contribution in [0.1, 0.15) is 16.0 Å².